The van der Waals surface area contributed by atoms with Crippen LogP contribution in [0.5, 0.6) is 0 Å². The first-order valence-corrected chi connectivity index (χ1v) is 5.35. The van der Waals surface area contributed by atoms with E-state index in [9.17, 15) is 4.79 Å². The summed E-state index contributed by atoms with van der Waals surface area (Å²) in [6, 6.07) is 0. The molecule has 0 radical (unpaired) electrons. The highest BCUT2D eigenvalue weighted by Crippen LogP contribution is 2.21. The molecular formula is C11H23NO4. The second-order valence-electron chi connectivity index (χ2n) is 5.49. The van der Waals surface area contributed by atoms with Gasteiger partial charge in [0.05, 0.1) is 5.60 Å². The zero-order chi connectivity index (χ0) is 13.0. The lowest BCUT2D eigenvalue weighted by atomic mass is 10.0. The fourth-order valence-corrected chi connectivity index (χ4v) is 1.20. The van der Waals surface area contributed by atoms with Crippen LogP contribution < -0.4 is 5.73 Å². The molecular weight excluding hydrogens is 210 g/mol. The molecule has 0 fully saturated rings. The van der Waals surface area contributed by atoms with Crippen molar-refractivity contribution in [1.82, 2.24) is 0 Å². The summed E-state index contributed by atoms with van der Waals surface area (Å²) in [5, 5.41) is 0. The first kappa shape index (κ1) is 15.2. The first-order chi connectivity index (χ1) is 7.02. The van der Waals surface area contributed by atoms with E-state index in [1.807, 2.05) is 34.6 Å². The van der Waals surface area contributed by atoms with Crippen molar-refractivity contribution in [1.29, 1.82) is 0 Å². The maximum Gasteiger partial charge on any atom is 0.404 e. The van der Waals surface area contributed by atoms with Gasteiger partial charge in [-0.2, -0.15) is 0 Å². The van der Waals surface area contributed by atoms with Crippen LogP contribution in [0.4, 0.5) is 4.79 Å². The predicted molar refractivity (Wildman–Crippen MR) is 60.7 cm³/mol. The number of carbonyl (C=O) groups excluding carboxylic acids is 1. The Morgan fingerprint density at radius 1 is 1.19 bits per heavy atom. The van der Waals surface area contributed by atoms with Crippen LogP contribution in [0.1, 0.15) is 48.0 Å². The summed E-state index contributed by atoms with van der Waals surface area (Å²) in [7, 11) is 0. The van der Waals surface area contributed by atoms with E-state index in [1.165, 1.54) is 0 Å². The van der Waals surface area contributed by atoms with Gasteiger partial charge in [-0.25, -0.2) is 14.6 Å². The monoisotopic (exact) mass is 233 g/mol. The molecule has 0 bridgehead atoms. The third kappa shape index (κ3) is 8.49. The lowest BCUT2D eigenvalue weighted by Crippen LogP contribution is -2.35. The summed E-state index contributed by atoms with van der Waals surface area (Å²) in [6.07, 6.45) is -0.581. The molecule has 5 heteroatoms. The molecule has 0 aromatic carbocycles. The van der Waals surface area contributed by atoms with Crippen LogP contribution in [-0.4, -0.2) is 23.4 Å². The molecule has 0 aromatic heterocycles. The average molecular weight is 233 g/mol. The molecule has 5 nitrogen and oxygen atoms in total. The smallest absolute Gasteiger partial charge is 0.404 e. The van der Waals surface area contributed by atoms with Gasteiger partial charge in [0.2, 0.25) is 0 Å². The Balaban J connectivity index is 4.08. The van der Waals surface area contributed by atoms with Crippen molar-refractivity contribution in [3.8, 4) is 0 Å². The number of hydrogen-bond donors (Lipinski definition) is 1. The van der Waals surface area contributed by atoms with Gasteiger partial charge in [-0.1, -0.05) is 0 Å². The Morgan fingerprint density at radius 3 is 2.06 bits per heavy atom. The second kappa shape index (κ2) is 5.50. The fraction of sp³-hybridized carbons (Fsp3) is 0.909. The molecule has 0 saturated carbocycles. The Labute approximate surface area is 97.2 Å². The summed E-state index contributed by atoms with van der Waals surface area (Å²) in [6.45, 7) is 11.2. The molecule has 96 valence electrons. The van der Waals surface area contributed by atoms with Crippen molar-refractivity contribution in [2.75, 3.05) is 0 Å². The molecule has 0 aliphatic heterocycles. The normalized spacial score (nSPS) is 14.6. The number of nitrogens with two attached hydrogens (primary N) is 1. The van der Waals surface area contributed by atoms with E-state index in [4.69, 9.17) is 20.2 Å². The van der Waals surface area contributed by atoms with Crippen LogP contribution >= 0.6 is 0 Å². The van der Waals surface area contributed by atoms with Gasteiger partial charge >= 0.3 is 6.09 Å². The summed E-state index contributed by atoms with van der Waals surface area (Å²) in [5.74, 6) is 0. The van der Waals surface area contributed by atoms with Crippen LogP contribution in [0.15, 0.2) is 0 Å². The van der Waals surface area contributed by atoms with E-state index in [0.29, 0.717) is 6.42 Å². The van der Waals surface area contributed by atoms with Gasteiger partial charge in [-0.3, -0.25) is 0 Å². The van der Waals surface area contributed by atoms with Crippen molar-refractivity contribution in [3.63, 3.8) is 0 Å². The minimum Gasteiger partial charge on any atom is -0.447 e. The number of rotatable bonds is 5. The van der Waals surface area contributed by atoms with E-state index in [1.54, 1.807) is 6.92 Å². The molecule has 16 heavy (non-hydrogen) atoms. The zero-order valence-electron chi connectivity index (χ0n) is 11.0. The third-order valence-corrected chi connectivity index (χ3v) is 1.61. The van der Waals surface area contributed by atoms with E-state index in [2.05, 4.69) is 0 Å². The predicted octanol–water partition coefficient (Wildman–Crippen LogP) is 2.39. The van der Waals surface area contributed by atoms with Gasteiger partial charge in [0.1, 0.15) is 11.7 Å². The largest absolute Gasteiger partial charge is 0.447 e. The molecule has 0 spiro atoms. The third-order valence-electron chi connectivity index (χ3n) is 1.61. The Bertz CT molecular complexity index is 233. The lowest BCUT2D eigenvalue weighted by Gasteiger charge is -2.30. The topological polar surface area (TPSA) is 70.8 Å². The molecule has 1 atom stereocenters. The summed E-state index contributed by atoms with van der Waals surface area (Å²) in [4.78, 5) is 21.1. The number of hydrogen-bond acceptors (Lipinski definition) is 4. The summed E-state index contributed by atoms with van der Waals surface area (Å²) >= 11 is 0. The van der Waals surface area contributed by atoms with Crippen molar-refractivity contribution in [3.05, 3.63) is 0 Å². The Morgan fingerprint density at radius 2 is 1.69 bits per heavy atom. The number of ether oxygens (including phenoxy) is 1. The van der Waals surface area contributed by atoms with E-state index >= 15 is 0 Å². The van der Waals surface area contributed by atoms with Crippen molar-refractivity contribution in [2.24, 2.45) is 5.73 Å². The Kier molecular flexibility index (Phi) is 5.22. The van der Waals surface area contributed by atoms with Gasteiger partial charge in [-0.15, -0.1) is 0 Å². The van der Waals surface area contributed by atoms with E-state index < -0.39 is 11.7 Å². The van der Waals surface area contributed by atoms with Gasteiger partial charge in [-0.05, 0) is 41.5 Å². The standard InChI is InChI=1S/C11H23NO4/c1-8(14-9(12)13)7-11(5,6)16-15-10(2,3)4/h8H,7H2,1-6H3,(H2,12,13). The van der Waals surface area contributed by atoms with Crippen molar-refractivity contribution >= 4 is 6.09 Å². The number of amides is 1. The molecule has 0 saturated heterocycles. The second-order valence-corrected chi connectivity index (χ2v) is 5.49. The van der Waals surface area contributed by atoms with E-state index in [0.717, 1.165) is 0 Å². The molecule has 0 aliphatic rings. The van der Waals surface area contributed by atoms with Crippen LogP contribution in [0.25, 0.3) is 0 Å². The molecule has 0 aromatic rings. The summed E-state index contributed by atoms with van der Waals surface area (Å²) in [5.41, 5.74) is 4.01. The van der Waals surface area contributed by atoms with E-state index in [-0.39, 0.29) is 11.7 Å². The zero-order valence-corrected chi connectivity index (χ0v) is 11.0. The lowest BCUT2D eigenvalue weighted by molar-refractivity contribution is -0.399. The molecule has 1 amide bonds. The summed E-state index contributed by atoms with van der Waals surface area (Å²) < 4.78 is 4.82. The highest BCUT2D eigenvalue weighted by molar-refractivity contribution is 5.64. The average Bonchev–Trinajstić information content (AvgIpc) is 1.96. The SMILES string of the molecule is CC(CC(C)(C)OOC(C)(C)C)OC(N)=O. The molecule has 0 aliphatic carbocycles. The maximum absolute atomic E-state index is 10.5. The van der Waals surface area contributed by atoms with Crippen LogP contribution in [0, 0.1) is 0 Å². The van der Waals surface area contributed by atoms with Crippen molar-refractivity contribution < 1.29 is 19.3 Å². The number of carbonyl (C=O) groups is 1. The highest BCUT2D eigenvalue weighted by Gasteiger charge is 2.27. The minimum absolute atomic E-state index is 0.309. The quantitative estimate of drug-likeness (QED) is 0.584. The Hall–Kier alpha value is -0.810. The highest BCUT2D eigenvalue weighted by atomic mass is 17.2. The fourth-order valence-electron chi connectivity index (χ4n) is 1.20. The van der Waals surface area contributed by atoms with Crippen molar-refractivity contribution in [2.45, 2.75) is 65.3 Å². The molecule has 0 heterocycles. The van der Waals surface area contributed by atoms with Gasteiger partial charge in [0.25, 0.3) is 0 Å². The molecule has 2 N–H and O–H groups in total. The van der Waals surface area contributed by atoms with Gasteiger partial charge in [0.15, 0.2) is 0 Å². The molecule has 1 unspecified atom stereocenters. The van der Waals surface area contributed by atoms with Crippen LogP contribution in [0.2, 0.25) is 0 Å². The number of primary amides is 1. The van der Waals surface area contributed by atoms with Crippen LogP contribution in [0.3, 0.4) is 0 Å². The van der Waals surface area contributed by atoms with Gasteiger partial charge in [0, 0.05) is 6.42 Å². The van der Waals surface area contributed by atoms with Gasteiger partial charge < -0.3 is 10.5 Å². The molecule has 0 rings (SSSR count). The minimum atomic E-state index is -0.778. The maximum atomic E-state index is 10.5. The van der Waals surface area contributed by atoms with Crippen LogP contribution in [-0.2, 0) is 14.5 Å². The first-order valence-electron chi connectivity index (χ1n) is 5.35.